The van der Waals surface area contributed by atoms with E-state index in [4.69, 9.17) is 11.6 Å². The lowest BCUT2D eigenvalue weighted by Crippen LogP contribution is -2.48. The van der Waals surface area contributed by atoms with E-state index in [2.05, 4.69) is 11.8 Å². The third-order valence-electron chi connectivity index (χ3n) is 2.92. The fourth-order valence-electron chi connectivity index (χ4n) is 1.86. The number of carbonyl (C=O) groups excluding carboxylic acids is 1. The van der Waals surface area contributed by atoms with Crippen molar-refractivity contribution in [1.82, 2.24) is 9.80 Å². The Morgan fingerprint density at radius 3 is 2.62 bits per heavy atom. The Hall–Kier alpha value is -0.580. The van der Waals surface area contributed by atoms with E-state index in [-0.39, 0.29) is 5.91 Å². The van der Waals surface area contributed by atoms with Crippen molar-refractivity contribution in [2.24, 2.45) is 0 Å². The van der Waals surface area contributed by atoms with Crippen molar-refractivity contribution >= 4 is 28.8 Å². The number of amides is 1. The molecule has 1 aliphatic rings. The smallest absolute Gasteiger partial charge is 0.265 e. The standard InChI is InChI=1S/C11H15ClN2OS/c1-2-13-4-6-14(7-5-13)11(15)10-9(12)3-8-16-10/h3,8H,2,4-7H2,1H3. The van der Waals surface area contributed by atoms with Gasteiger partial charge in [0.05, 0.1) is 5.02 Å². The highest BCUT2D eigenvalue weighted by molar-refractivity contribution is 7.12. The number of nitrogens with zero attached hydrogens (tertiary/aromatic N) is 2. The largest absolute Gasteiger partial charge is 0.335 e. The van der Waals surface area contributed by atoms with Crippen molar-refractivity contribution in [3.8, 4) is 0 Å². The minimum absolute atomic E-state index is 0.0794. The maximum Gasteiger partial charge on any atom is 0.265 e. The quantitative estimate of drug-likeness (QED) is 0.812. The number of rotatable bonds is 2. The second-order valence-corrected chi connectivity index (χ2v) is 5.15. The van der Waals surface area contributed by atoms with Gasteiger partial charge < -0.3 is 9.80 Å². The van der Waals surface area contributed by atoms with Gasteiger partial charge in [0, 0.05) is 26.2 Å². The molecule has 1 aromatic heterocycles. The van der Waals surface area contributed by atoms with Crippen LogP contribution in [0.5, 0.6) is 0 Å². The van der Waals surface area contributed by atoms with Gasteiger partial charge in [0.15, 0.2) is 0 Å². The van der Waals surface area contributed by atoms with Crippen molar-refractivity contribution in [2.75, 3.05) is 32.7 Å². The van der Waals surface area contributed by atoms with Gasteiger partial charge in [-0.2, -0.15) is 0 Å². The molecule has 0 unspecified atom stereocenters. The predicted octanol–water partition coefficient (Wildman–Crippen LogP) is 2.18. The average Bonchev–Trinajstić information content (AvgIpc) is 2.75. The van der Waals surface area contributed by atoms with E-state index in [9.17, 15) is 4.79 Å². The van der Waals surface area contributed by atoms with Gasteiger partial charge >= 0.3 is 0 Å². The van der Waals surface area contributed by atoms with Crippen LogP contribution in [0.2, 0.25) is 5.02 Å². The summed E-state index contributed by atoms with van der Waals surface area (Å²) in [6.07, 6.45) is 0. The Labute approximate surface area is 105 Å². The fourth-order valence-corrected chi connectivity index (χ4v) is 2.96. The van der Waals surface area contributed by atoms with Crippen LogP contribution in [0.15, 0.2) is 11.4 Å². The number of likely N-dealkylation sites (N-methyl/N-ethyl adjacent to an activating group) is 1. The van der Waals surface area contributed by atoms with Crippen LogP contribution < -0.4 is 0 Å². The summed E-state index contributed by atoms with van der Waals surface area (Å²) in [7, 11) is 0. The maximum atomic E-state index is 12.1. The lowest BCUT2D eigenvalue weighted by Gasteiger charge is -2.33. The van der Waals surface area contributed by atoms with Crippen LogP contribution in [-0.2, 0) is 0 Å². The van der Waals surface area contributed by atoms with Gasteiger partial charge in [-0.3, -0.25) is 4.79 Å². The van der Waals surface area contributed by atoms with Gasteiger partial charge in [0.25, 0.3) is 5.91 Å². The van der Waals surface area contributed by atoms with Crippen LogP contribution in [0.1, 0.15) is 16.6 Å². The molecule has 16 heavy (non-hydrogen) atoms. The lowest BCUT2D eigenvalue weighted by atomic mass is 10.3. The molecular formula is C11H15ClN2OS. The number of hydrogen-bond donors (Lipinski definition) is 0. The van der Waals surface area contributed by atoms with Crippen LogP contribution in [0.25, 0.3) is 0 Å². The molecule has 3 nitrogen and oxygen atoms in total. The summed E-state index contributed by atoms with van der Waals surface area (Å²) in [6, 6.07) is 1.78. The monoisotopic (exact) mass is 258 g/mol. The molecule has 0 N–H and O–H groups in total. The topological polar surface area (TPSA) is 23.6 Å². The highest BCUT2D eigenvalue weighted by Crippen LogP contribution is 2.24. The molecule has 88 valence electrons. The Morgan fingerprint density at radius 1 is 1.44 bits per heavy atom. The van der Waals surface area contributed by atoms with E-state index >= 15 is 0 Å². The Bertz CT molecular complexity index is 372. The molecule has 0 saturated carbocycles. The second kappa shape index (κ2) is 5.17. The van der Waals surface area contributed by atoms with E-state index in [1.807, 2.05) is 10.3 Å². The minimum Gasteiger partial charge on any atom is -0.335 e. The van der Waals surface area contributed by atoms with Crippen LogP contribution in [0, 0.1) is 0 Å². The SMILES string of the molecule is CCN1CCN(C(=O)c2sccc2Cl)CC1. The number of thiophene rings is 1. The Morgan fingerprint density at radius 2 is 2.12 bits per heavy atom. The van der Waals surface area contributed by atoms with Gasteiger partial charge in [-0.05, 0) is 18.0 Å². The first-order valence-corrected chi connectivity index (χ1v) is 6.72. The molecule has 1 aliphatic heterocycles. The molecule has 1 saturated heterocycles. The molecule has 2 heterocycles. The van der Waals surface area contributed by atoms with Gasteiger partial charge in [0.1, 0.15) is 4.88 Å². The number of halogens is 1. The Kier molecular flexibility index (Phi) is 3.84. The summed E-state index contributed by atoms with van der Waals surface area (Å²) >= 11 is 7.38. The van der Waals surface area contributed by atoms with Crippen LogP contribution in [-0.4, -0.2) is 48.4 Å². The third-order valence-corrected chi connectivity index (χ3v) is 4.25. The molecular weight excluding hydrogens is 244 g/mol. The lowest BCUT2D eigenvalue weighted by molar-refractivity contribution is 0.0648. The average molecular weight is 259 g/mol. The van der Waals surface area contributed by atoms with Crippen LogP contribution >= 0.6 is 22.9 Å². The first-order chi connectivity index (χ1) is 7.72. The predicted molar refractivity (Wildman–Crippen MR) is 67.3 cm³/mol. The number of piperazine rings is 1. The van der Waals surface area contributed by atoms with Crippen molar-refractivity contribution in [3.05, 3.63) is 21.3 Å². The minimum atomic E-state index is 0.0794. The van der Waals surface area contributed by atoms with Crippen molar-refractivity contribution in [1.29, 1.82) is 0 Å². The van der Waals surface area contributed by atoms with Crippen LogP contribution in [0.3, 0.4) is 0 Å². The van der Waals surface area contributed by atoms with Gasteiger partial charge in [-0.1, -0.05) is 18.5 Å². The maximum absolute atomic E-state index is 12.1. The summed E-state index contributed by atoms with van der Waals surface area (Å²) in [5.74, 6) is 0.0794. The molecule has 1 fully saturated rings. The molecule has 0 aromatic carbocycles. The highest BCUT2D eigenvalue weighted by Gasteiger charge is 2.23. The van der Waals surface area contributed by atoms with Crippen molar-refractivity contribution < 1.29 is 4.79 Å². The number of hydrogen-bond acceptors (Lipinski definition) is 3. The summed E-state index contributed by atoms with van der Waals surface area (Å²) in [5, 5.41) is 2.44. The van der Waals surface area contributed by atoms with E-state index < -0.39 is 0 Å². The molecule has 1 aromatic rings. The molecule has 0 spiro atoms. The van der Waals surface area contributed by atoms with E-state index in [1.165, 1.54) is 11.3 Å². The zero-order chi connectivity index (χ0) is 11.5. The normalized spacial score (nSPS) is 17.8. The number of carbonyl (C=O) groups is 1. The molecule has 0 radical (unpaired) electrons. The van der Waals surface area contributed by atoms with E-state index in [0.717, 1.165) is 32.7 Å². The first kappa shape index (κ1) is 11.9. The summed E-state index contributed by atoms with van der Waals surface area (Å²) in [5.41, 5.74) is 0. The van der Waals surface area contributed by atoms with Gasteiger partial charge in [-0.15, -0.1) is 11.3 Å². The second-order valence-electron chi connectivity index (χ2n) is 3.82. The zero-order valence-corrected chi connectivity index (χ0v) is 10.9. The van der Waals surface area contributed by atoms with Gasteiger partial charge in [-0.25, -0.2) is 0 Å². The highest BCUT2D eigenvalue weighted by atomic mass is 35.5. The summed E-state index contributed by atoms with van der Waals surface area (Å²) in [4.78, 5) is 17.0. The van der Waals surface area contributed by atoms with Crippen molar-refractivity contribution in [2.45, 2.75) is 6.92 Å². The molecule has 1 amide bonds. The fraction of sp³-hybridized carbons (Fsp3) is 0.545. The molecule has 5 heteroatoms. The zero-order valence-electron chi connectivity index (χ0n) is 9.28. The van der Waals surface area contributed by atoms with E-state index in [1.54, 1.807) is 6.07 Å². The Balaban J connectivity index is 2.00. The molecule has 2 rings (SSSR count). The van der Waals surface area contributed by atoms with Crippen molar-refractivity contribution in [3.63, 3.8) is 0 Å². The summed E-state index contributed by atoms with van der Waals surface area (Å²) in [6.45, 7) is 6.74. The molecule has 0 atom stereocenters. The third kappa shape index (κ3) is 2.39. The molecule has 0 bridgehead atoms. The first-order valence-electron chi connectivity index (χ1n) is 5.47. The van der Waals surface area contributed by atoms with Crippen LogP contribution in [0.4, 0.5) is 0 Å². The molecule has 0 aliphatic carbocycles. The van der Waals surface area contributed by atoms with Gasteiger partial charge in [0.2, 0.25) is 0 Å². The van der Waals surface area contributed by atoms with E-state index in [0.29, 0.717) is 9.90 Å². The summed E-state index contributed by atoms with van der Waals surface area (Å²) < 4.78 is 0.